The van der Waals surface area contributed by atoms with Gasteiger partial charge >= 0.3 is 0 Å². The number of hydrogen-bond donors (Lipinski definition) is 0. The smallest absolute Gasteiger partial charge is 0.230 e. The highest BCUT2D eigenvalue weighted by atomic mass is 16.5. The molecule has 2 unspecified atom stereocenters. The molecule has 0 aromatic carbocycles. The molecule has 0 aromatic heterocycles. The minimum Gasteiger partial charge on any atom is -0.381 e. The number of ether oxygens (including phenoxy) is 1. The van der Waals surface area contributed by atoms with Gasteiger partial charge in [0.25, 0.3) is 0 Å². The monoisotopic (exact) mass is 197 g/mol. The standard InChI is InChI=1S/C10H15NO3/c1-7-6-14-3-2-9(7)11-5-8(12)4-10(11)13/h7,9H,2-6H2,1H3. The Kier molecular flexibility index (Phi) is 2.54. The van der Waals surface area contributed by atoms with Crippen molar-refractivity contribution in [1.82, 2.24) is 4.90 Å². The Morgan fingerprint density at radius 2 is 2.21 bits per heavy atom. The quantitative estimate of drug-likeness (QED) is 0.565. The van der Waals surface area contributed by atoms with Gasteiger partial charge in [0.2, 0.25) is 5.91 Å². The molecular weight excluding hydrogens is 182 g/mol. The number of carbonyl (C=O) groups excluding carboxylic acids is 2. The van der Waals surface area contributed by atoms with E-state index in [2.05, 4.69) is 6.92 Å². The third-order valence-electron chi connectivity index (χ3n) is 3.01. The average molecular weight is 197 g/mol. The van der Waals surface area contributed by atoms with Gasteiger partial charge in [-0.25, -0.2) is 0 Å². The molecule has 0 spiro atoms. The molecule has 0 radical (unpaired) electrons. The van der Waals surface area contributed by atoms with E-state index in [1.54, 1.807) is 4.90 Å². The largest absolute Gasteiger partial charge is 0.381 e. The lowest BCUT2D eigenvalue weighted by Crippen LogP contribution is -2.45. The van der Waals surface area contributed by atoms with E-state index >= 15 is 0 Å². The van der Waals surface area contributed by atoms with Crippen molar-refractivity contribution in [2.45, 2.75) is 25.8 Å². The van der Waals surface area contributed by atoms with Gasteiger partial charge in [-0.3, -0.25) is 9.59 Å². The number of nitrogens with zero attached hydrogens (tertiary/aromatic N) is 1. The molecule has 78 valence electrons. The summed E-state index contributed by atoms with van der Waals surface area (Å²) in [6, 6.07) is 0.211. The Bertz CT molecular complexity index is 264. The van der Waals surface area contributed by atoms with Crippen molar-refractivity contribution in [2.75, 3.05) is 19.8 Å². The van der Waals surface area contributed by atoms with Crippen molar-refractivity contribution in [1.29, 1.82) is 0 Å². The van der Waals surface area contributed by atoms with Crippen LogP contribution in [0.2, 0.25) is 0 Å². The molecule has 2 saturated heterocycles. The van der Waals surface area contributed by atoms with Crippen LogP contribution < -0.4 is 0 Å². The van der Waals surface area contributed by atoms with Crippen LogP contribution in [0.4, 0.5) is 0 Å². The highest BCUT2D eigenvalue weighted by Gasteiger charge is 2.36. The molecule has 0 aromatic rings. The zero-order chi connectivity index (χ0) is 10.1. The van der Waals surface area contributed by atoms with E-state index in [1.807, 2.05) is 0 Å². The molecular formula is C10H15NO3. The Morgan fingerprint density at radius 1 is 1.43 bits per heavy atom. The Hall–Kier alpha value is -0.900. The summed E-state index contributed by atoms with van der Waals surface area (Å²) in [6.45, 7) is 3.78. The molecule has 0 aliphatic carbocycles. The number of Topliss-reactive ketones (excluding diaryl/α,β-unsaturated/α-hetero) is 1. The molecule has 0 bridgehead atoms. The highest BCUT2D eigenvalue weighted by Crippen LogP contribution is 2.23. The predicted molar refractivity (Wildman–Crippen MR) is 49.7 cm³/mol. The van der Waals surface area contributed by atoms with Gasteiger partial charge in [0, 0.05) is 18.6 Å². The molecule has 4 heteroatoms. The first-order valence-electron chi connectivity index (χ1n) is 5.07. The fourth-order valence-electron chi connectivity index (χ4n) is 2.24. The van der Waals surface area contributed by atoms with Crippen LogP contribution in [0.3, 0.4) is 0 Å². The fourth-order valence-corrected chi connectivity index (χ4v) is 2.24. The third-order valence-corrected chi connectivity index (χ3v) is 3.01. The van der Waals surface area contributed by atoms with Crippen LogP contribution >= 0.6 is 0 Å². The zero-order valence-electron chi connectivity index (χ0n) is 8.36. The topological polar surface area (TPSA) is 46.6 Å². The second-order valence-corrected chi connectivity index (χ2v) is 4.15. The lowest BCUT2D eigenvalue weighted by atomic mass is 9.96. The number of ketones is 1. The summed E-state index contributed by atoms with van der Waals surface area (Å²) in [6.07, 6.45) is 0.963. The van der Waals surface area contributed by atoms with Crippen molar-refractivity contribution < 1.29 is 14.3 Å². The molecule has 4 nitrogen and oxygen atoms in total. The average Bonchev–Trinajstić information content (AvgIpc) is 2.46. The summed E-state index contributed by atoms with van der Waals surface area (Å²) in [5, 5.41) is 0. The van der Waals surface area contributed by atoms with Crippen LogP contribution in [0.15, 0.2) is 0 Å². The first-order valence-corrected chi connectivity index (χ1v) is 5.07. The van der Waals surface area contributed by atoms with Gasteiger partial charge in [0.1, 0.15) is 0 Å². The Balaban J connectivity index is 2.06. The van der Waals surface area contributed by atoms with Gasteiger partial charge in [-0.1, -0.05) is 6.92 Å². The summed E-state index contributed by atoms with van der Waals surface area (Å²) >= 11 is 0. The van der Waals surface area contributed by atoms with Crippen LogP contribution in [0.5, 0.6) is 0 Å². The van der Waals surface area contributed by atoms with Crippen molar-refractivity contribution >= 4 is 11.7 Å². The molecule has 2 heterocycles. The first-order chi connectivity index (χ1) is 6.68. The predicted octanol–water partition coefficient (Wildman–Crippen LogP) is 0.213. The second kappa shape index (κ2) is 3.69. The molecule has 2 atom stereocenters. The molecule has 0 N–H and O–H groups in total. The molecule has 2 rings (SSSR count). The summed E-state index contributed by atoms with van der Waals surface area (Å²) in [4.78, 5) is 24.3. The number of hydrogen-bond acceptors (Lipinski definition) is 3. The summed E-state index contributed by atoms with van der Waals surface area (Å²) in [5.74, 6) is 0.390. The van der Waals surface area contributed by atoms with E-state index in [9.17, 15) is 9.59 Å². The minimum atomic E-state index is -0.00579. The maximum atomic E-state index is 11.5. The second-order valence-electron chi connectivity index (χ2n) is 4.15. The Morgan fingerprint density at radius 3 is 2.79 bits per heavy atom. The van der Waals surface area contributed by atoms with Crippen molar-refractivity contribution in [3.63, 3.8) is 0 Å². The fraction of sp³-hybridized carbons (Fsp3) is 0.800. The van der Waals surface area contributed by atoms with E-state index < -0.39 is 0 Å². The van der Waals surface area contributed by atoms with Crippen LogP contribution in [0.25, 0.3) is 0 Å². The molecule has 2 aliphatic heterocycles. The van der Waals surface area contributed by atoms with Crippen molar-refractivity contribution in [3.05, 3.63) is 0 Å². The molecule has 2 aliphatic rings. The van der Waals surface area contributed by atoms with Gasteiger partial charge in [0.05, 0.1) is 19.6 Å². The SMILES string of the molecule is CC1COCCC1N1CC(=O)CC1=O. The van der Waals surface area contributed by atoms with Crippen LogP contribution in [-0.4, -0.2) is 42.4 Å². The van der Waals surface area contributed by atoms with Gasteiger partial charge < -0.3 is 9.64 Å². The number of rotatable bonds is 1. The lowest BCUT2D eigenvalue weighted by Gasteiger charge is -2.35. The van der Waals surface area contributed by atoms with Crippen LogP contribution in [0, 0.1) is 5.92 Å². The molecule has 2 fully saturated rings. The third kappa shape index (κ3) is 1.66. The minimum absolute atomic E-state index is 0.00579. The molecule has 14 heavy (non-hydrogen) atoms. The normalized spacial score (nSPS) is 33.9. The van der Waals surface area contributed by atoms with Crippen molar-refractivity contribution in [2.24, 2.45) is 5.92 Å². The van der Waals surface area contributed by atoms with Crippen LogP contribution in [0.1, 0.15) is 19.8 Å². The first kappa shape index (κ1) is 9.65. The van der Waals surface area contributed by atoms with Gasteiger partial charge in [-0.05, 0) is 6.42 Å². The van der Waals surface area contributed by atoms with E-state index in [0.29, 0.717) is 25.7 Å². The number of likely N-dealkylation sites (tertiary alicyclic amines) is 1. The summed E-state index contributed by atoms with van der Waals surface area (Å²) < 4.78 is 5.31. The van der Waals surface area contributed by atoms with Gasteiger partial charge in [0.15, 0.2) is 5.78 Å². The van der Waals surface area contributed by atoms with E-state index in [-0.39, 0.29) is 24.2 Å². The maximum absolute atomic E-state index is 11.5. The van der Waals surface area contributed by atoms with E-state index in [4.69, 9.17) is 4.74 Å². The van der Waals surface area contributed by atoms with Crippen LogP contribution in [-0.2, 0) is 14.3 Å². The molecule has 1 amide bonds. The summed E-state index contributed by atoms with van der Waals surface area (Å²) in [7, 11) is 0. The lowest BCUT2D eigenvalue weighted by molar-refractivity contribution is -0.133. The highest BCUT2D eigenvalue weighted by molar-refractivity contribution is 6.05. The van der Waals surface area contributed by atoms with Gasteiger partial charge in [-0.2, -0.15) is 0 Å². The van der Waals surface area contributed by atoms with Crippen molar-refractivity contribution in [3.8, 4) is 0 Å². The van der Waals surface area contributed by atoms with E-state index in [0.717, 1.165) is 6.42 Å². The molecule has 0 saturated carbocycles. The number of amides is 1. The summed E-state index contributed by atoms with van der Waals surface area (Å²) in [5.41, 5.74) is 0. The Labute approximate surface area is 83.2 Å². The van der Waals surface area contributed by atoms with Gasteiger partial charge in [-0.15, -0.1) is 0 Å². The maximum Gasteiger partial charge on any atom is 0.230 e. The zero-order valence-corrected chi connectivity index (χ0v) is 8.36. The number of carbonyl (C=O) groups is 2. The van der Waals surface area contributed by atoms with E-state index in [1.165, 1.54) is 0 Å².